The van der Waals surface area contributed by atoms with Crippen LogP contribution in [0.3, 0.4) is 0 Å². The summed E-state index contributed by atoms with van der Waals surface area (Å²) in [5.74, 6) is 0.916. The lowest BCUT2D eigenvalue weighted by Crippen LogP contribution is -2.22. The highest BCUT2D eigenvalue weighted by molar-refractivity contribution is 6.35. The third kappa shape index (κ3) is 3.06. The maximum Gasteiger partial charge on any atom is 0.358 e. The van der Waals surface area contributed by atoms with Crippen LogP contribution in [-0.2, 0) is 10.3 Å². The summed E-state index contributed by atoms with van der Waals surface area (Å²) in [7, 11) is 1.32. The van der Waals surface area contributed by atoms with Gasteiger partial charge in [0.15, 0.2) is 5.69 Å². The standard InChI is InChI=1S/C18H19ClN4O2/c1-10-3-6-12(9-20-10)18(7-8-18)23-16-13(19)14(17(24)25-2)21-15(22-16)11-4-5-11/h3,6,9,11H,4-5,7-8H2,1-2H3,(H,21,22,23). The highest BCUT2D eigenvalue weighted by atomic mass is 35.5. The van der Waals surface area contributed by atoms with Crippen molar-refractivity contribution in [1.82, 2.24) is 15.0 Å². The van der Waals surface area contributed by atoms with Crippen LogP contribution in [0.2, 0.25) is 5.02 Å². The van der Waals surface area contributed by atoms with Gasteiger partial charge in [0, 0.05) is 17.8 Å². The third-order valence-corrected chi connectivity index (χ3v) is 5.12. The van der Waals surface area contributed by atoms with E-state index in [-0.39, 0.29) is 16.3 Å². The lowest BCUT2D eigenvalue weighted by Gasteiger charge is -2.20. The summed E-state index contributed by atoms with van der Waals surface area (Å²) in [6, 6.07) is 4.06. The van der Waals surface area contributed by atoms with Crippen molar-refractivity contribution in [2.24, 2.45) is 0 Å². The number of carbonyl (C=O) groups is 1. The number of methoxy groups -OCH3 is 1. The van der Waals surface area contributed by atoms with E-state index in [0.29, 0.717) is 17.6 Å². The number of esters is 1. The molecule has 2 aromatic rings. The fourth-order valence-electron chi connectivity index (χ4n) is 2.89. The number of rotatable bonds is 5. The number of anilines is 1. The Labute approximate surface area is 151 Å². The molecule has 25 heavy (non-hydrogen) atoms. The number of nitrogens with one attached hydrogen (secondary N) is 1. The largest absolute Gasteiger partial charge is 0.464 e. The van der Waals surface area contributed by atoms with Crippen molar-refractivity contribution >= 4 is 23.4 Å². The van der Waals surface area contributed by atoms with E-state index in [1.165, 1.54) is 7.11 Å². The maximum absolute atomic E-state index is 12.0. The smallest absolute Gasteiger partial charge is 0.358 e. The fraction of sp³-hybridized carbons (Fsp3) is 0.444. The first-order valence-electron chi connectivity index (χ1n) is 8.39. The molecule has 0 aliphatic heterocycles. The lowest BCUT2D eigenvalue weighted by molar-refractivity contribution is 0.0593. The predicted octanol–water partition coefficient (Wildman–Crippen LogP) is 3.60. The number of aryl methyl sites for hydroxylation is 1. The van der Waals surface area contributed by atoms with Crippen LogP contribution in [0.4, 0.5) is 5.82 Å². The molecule has 2 aliphatic rings. The van der Waals surface area contributed by atoms with Gasteiger partial charge in [-0.3, -0.25) is 4.98 Å². The average Bonchev–Trinajstić information content (AvgIpc) is 3.51. The van der Waals surface area contributed by atoms with E-state index in [1.807, 2.05) is 19.2 Å². The van der Waals surface area contributed by atoms with E-state index in [2.05, 4.69) is 26.3 Å². The van der Waals surface area contributed by atoms with E-state index >= 15 is 0 Å². The van der Waals surface area contributed by atoms with Crippen LogP contribution in [0, 0.1) is 6.92 Å². The van der Waals surface area contributed by atoms with Gasteiger partial charge < -0.3 is 10.1 Å². The Hall–Kier alpha value is -2.21. The predicted molar refractivity (Wildman–Crippen MR) is 93.9 cm³/mol. The molecule has 130 valence electrons. The van der Waals surface area contributed by atoms with Gasteiger partial charge in [0.05, 0.1) is 12.6 Å². The number of hydrogen-bond donors (Lipinski definition) is 1. The first-order chi connectivity index (χ1) is 12.0. The van der Waals surface area contributed by atoms with Gasteiger partial charge in [-0.25, -0.2) is 14.8 Å². The molecule has 2 aliphatic carbocycles. The average molecular weight is 359 g/mol. The molecule has 0 unspecified atom stereocenters. The number of pyridine rings is 1. The van der Waals surface area contributed by atoms with Crippen molar-refractivity contribution in [2.75, 3.05) is 12.4 Å². The van der Waals surface area contributed by atoms with Gasteiger partial charge >= 0.3 is 5.97 Å². The fourth-order valence-corrected chi connectivity index (χ4v) is 3.10. The number of hydrogen-bond acceptors (Lipinski definition) is 6. The van der Waals surface area contributed by atoms with Gasteiger partial charge in [-0.05, 0) is 44.2 Å². The zero-order valence-corrected chi connectivity index (χ0v) is 14.9. The zero-order chi connectivity index (χ0) is 17.6. The Kier molecular flexibility index (Phi) is 3.87. The molecule has 7 heteroatoms. The summed E-state index contributed by atoms with van der Waals surface area (Å²) >= 11 is 6.42. The Balaban J connectivity index is 1.71. The Morgan fingerprint density at radius 1 is 1.32 bits per heavy atom. The van der Waals surface area contributed by atoms with Gasteiger partial charge in [0.2, 0.25) is 0 Å². The van der Waals surface area contributed by atoms with E-state index in [9.17, 15) is 4.79 Å². The Morgan fingerprint density at radius 2 is 2.08 bits per heavy atom. The van der Waals surface area contributed by atoms with E-state index < -0.39 is 5.97 Å². The minimum Gasteiger partial charge on any atom is -0.464 e. The second-order valence-electron chi connectivity index (χ2n) is 6.75. The number of aromatic nitrogens is 3. The molecule has 0 saturated heterocycles. The number of nitrogens with zero attached hydrogens (tertiary/aromatic N) is 3. The third-order valence-electron chi connectivity index (χ3n) is 4.76. The van der Waals surface area contributed by atoms with Gasteiger partial charge in [-0.1, -0.05) is 17.7 Å². The molecule has 0 spiro atoms. The second-order valence-corrected chi connectivity index (χ2v) is 7.13. The topological polar surface area (TPSA) is 77.0 Å². The lowest BCUT2D eigenvalue weighted by atomic mass is 10.1. The summed E-state index contributed by atoms with van der Waals surface area (Å²) in [5.41, 5.74) is 1.97. The van der Waals surface area contributed by atoms with Crippen LogP contribution in [0.15, 0.2) is 18.3 Å². The molecule has 0 aromatic carbocycles. The number of halogens is 1. The van der Waals surface area contributed by atoms with Crippen LogP contribution in [0.25, 0.3) is 0 Å². The summed E-state index contributed by atoms with van der Waals surface area (Å²) in [6.07, 6.45) is 5.88. The Bertz CT molecular complexity index is 830. The van der Waals surface area contributed by atoms with Crippen molar-refractivity contribution in [2.45, 2.75) is 44.1 Å². The molecule has 2 saturated carbocycles. The minimum absolute atomic E-state index is 0.126. The molecule has 6 nitrogen and oxygen atoms in total. The minimum atomic E-state index is -0.542. The Morgan fingerprint density at radius 3 is 2.64 bits per heavy atom. The quantitative estimate of drug-likeness (QED) is 0.823. The molecule has 2 fully saturated rings. The molecule has 0 radical (unpaired) electrons. The van der Waals surface area contributed by atoms with Crippen LogP contribution in [0.5, 0.6) is 0 Å². The monoisotopic (exact) mass is 358 g/mol. The molecular weight excluding hydrogens is 340 g/mol. The van der Waals surface area contributed by atoms with Gasteiger partial charge in [-0.15, -0.1) is 0 Å². The molecule has 0 amide bonds. The summed E-state index contributed by atoms with van der Waals surface area (Å²) in [5, 5.41) is 3.66. The van der Waals surface area contributed by atoms with Crippen LogP contribution < -0.4 is 5.32 Å². The molecule has 1 N–H and O–H groups in total. The first-order valence-corrected chi connectivity index (χ1v) is 8.77. The normalized spacial score (nSPS) is 17.9. The summed E-state index contributed by atoms with van der Waals surface area (Å²) in [6.45, 7) is 1.96. The van der Waals surface area contributed by atoms with Crippen molar-refractivity contribution in [3.8, 4) is 0 Å². The molecular formula is C18H19ClN4O2. The van der Waals surface area contributed by atoms with Crippen molar-refractivity contribution in [3.05, 3.63) is 46.1 Å². The summed E-state index contributed by atoms with van der Waals surface area (Å²) in [4.78, 5) is 25.3. The molecule has 4 rings (SSSR count). The van der Waals surface area contributed by atoms with Crippen LogP contribution in [0.1, 0.15) is 59.2 Å². The van der Waals surface area contributed by atoms with E-state index in [4.69, 9.17) is 16.3 Å². The highest BCUT2D eigenvalue weighted by Gasteiger charge is 2.46. The van der Waals surface area contributed by atoms with Gasteiger partial charge in [0.25, 0.3) is 0 Å². The van der Waals surface area contributed by atoms with Crippen molar-refractivity contribution in [1.29, 1.82) is 0 Å². The van der Waals surface area contributed by atoms with E-state index in [0.717, 1.165) is 36.9 Å². The number of carbonyl (C=O) groups excluding carboxylic acids is 1. The molecule has 0 atom stereocenters. The molecule has 2 heterocycles. The van der Waals surface area contributed by atoms with Crippen LogP contribution >= 0.6 is 11.6 Å². The second kappa shape index (κ2) is 5.95. The molecule has 2 aromatic heterocycles. The SMILES string of the molecule is COC(=O)c1nc(C2CC2)nc(NC2(c3ccc(C)nc3)CC2)c1Cl. The van der Waals surface area contributed by atoms with Crippen LogP contribution in [-0.4, -0.2) is 28.0 Å². The van der Waals surface area contributed by atoms with Gasteiger partial charge in [-0.2, -0.15) is 0 Å². The van der Waals surface area contributed by atoms with Gasteiger partial charge in [0.1, 0.15) is 16.7 Å². The molecule has 0 bridgehead atoms. The first kappa shape index (κ1) is 16.3. The van der Waals surface area contributed by atoms with E-state index in [1.54, 1.807) is 0 Å². The highest BCUT2D eigenvalue weighted by Crippen LogP contribution is 2.49. The zero-order valence-electron chi connectivity index (χ0n) is 14.2. The maximum atomic E-state index is 12.0. The summed E-state index contributed by atoms with van der Waals surface area (Å²) < 4.78 is 4.82. The van der Waals surface area contributed by atoms with Crippen molar-refractivity contribution in [3.63, 3.8) is 0 Å². The van der Waals surface area contributed by atoms with Crippen molar-refractivity contribution < 1.29 is 9.53 Å². The number of ether oxygens (including phenoxy) is 1.